The first-order chi connectivity index (χ1) is 10.8. The Labute approximate surface area is 140 Å². The van der Waals surface area contributed by atoms with Gasteiger partial charge in [-0.05, 0) is 24.8 Å². The zero-order valence-corrected chi connectivity index (χ0v) is 14.5. The molecule has 122 valence electrons. The predicted octanol–water partition coefficient (Wildman–Crippen LogP) is 3.84. The minimum atomic E-state index is -0.426. The van der Waals surface area contributed by atoms with Gasteiger partial charge < -0.3 is 14.2 Å². The summed E-state index contributed by atoms with van der Waals surface area (Å²) in [5.74, 6) is -0.426. The molecule has 1 atom stereocenters. The van der Waals surface area contributed by atoms with E-state index in [-0.39, 0.29) is 6.10 Å². The van der Waals surface area contributed by atoms with Crippen molar-refractivity contribution in [1.82, 2.24) is 0 Å². The number of methoxy groups -OCH3 is 1. The summed E-state index contributed by atoms with van der Waals surface area (Å²) in [5.41, 5.74) is 1.13. The maximum atomic E-state index is 11.0. The van der Waals surface area contributed by atoms with Crippen molar-refractivity contribution >= 4 is 21.9 Å². The Morgan fingerprint density at radius 2 is 2.05 bits per heavy atom. The van der Waals surface area contributed by atoms with Gasteiger partial charge >= 0.3 is 5.97 Å². The van der Waals surface area contributed by atoms with Crippen molar-refractivity contribution in [3.8, 4) is 0 Å². The highest BCUT2D eigenvalue weighted by atomic mass is 79.9. The van der Waals surface area contributed by atoms with Gasteiger partial charge in [-0.1, -0.05) is 46.3 Å². The number of carbonyl (C=O) groups excluding carboxylic acids is 1. The zero-order valence-electron chi connectivity index (χ0n) is 12.9. The Balaban J connectivity index is 2.36. The molecule has 0 N–H and O–H groups in total. The quantitative estimate of drug-likeness (QED) is 0.195. The molecule has 5 heteroatoms. The smallest absolute Gasteiger partial charge is 0.333 e. The van der Waals surface area contributed by atoms with Crippen LogP contribution in [0, 0.1) is 0 Å². The van der Waals surface area contributed by atoms with Gasteiger partial charge in [0.05, 0.1) is 32.7 Å². The second-order valence-electron chi connectivity index (χ2n) is 4.77. The molecule has 0 aliphatic heterocycles. The third kappa shape index (κ3) is 8.85. The molecule has 1 unspecified atom stereocenters. The van der Waals surface area contributed by atoms with E-state index in [0.717, 1.165) is 30.2 Å². The number of esters is 1. The van der Waals surface area contributed by atoms with Crippen LogP contribution in [0.25, 0.3) is 0 Å². The Morgan fingerprint density at radius 1 is 1.27 bits per heavy atom. The number of alkyl halides is 1. The maximum absolute atomic E-state index is 11.0. The SMILES string of the molecule is COC(=O)/C=C/OC(CCCCBr)COCc1ccccc1. The van der Waals surface area contributed by atoms with Crippen molar-refractivity contribution in [3.63, 3.8) is 0 Å². The highest BCUT2D eigenvalue weighted by Crippen LogP contribution is 2.09. The number of benzene rings is 1. The third-order valence-electron chi connectivity index (χ3n) is 3.00. The molecule has 1 aromatic rings. The molecule has 0 spiro atoms. The van der Waals surface area contributed by atoms with Crippen LogP contribution in [0.3, 0.4) is 0 Å². The first kappa shape index (κ1) is 18.7. The first-order valence-electron chi connectivity index (χ1n) is 7.34. The molecule has 0 heterocycles. The average molecular weight is 371 g/mol. The van der Waals surface area contributed by atoms with Crippen LogP contribution in [-0.2, 0) is 25.6 Å². The van der Waals surface area contributed by atoms with Gasteiger partial charge in [0.1, 0.15) is 6.10 Å². The number of hydrogen-bond acceptors (Lipinski definition) is 4. The second kappa shape index (κ2) is 12.2. The Hall–Kier alpha value is -1.33. The average Bonchev–Trinajstić information content (AvgIpc) is 2.55. The van der Waals surface area contributed by atoms with E-state index in [4.69, 9.17) is 9.47 Å². The van der Waals surface area contributed by atoms with E-state index in [2.05, 4.69) is 20.7 Å². The van der Waals surface area contributed by atoms with Crippen molar-refractivity contribution < 1.29 is 19.0 Å². The van der Waals surface area contributed by atoms with E-state index in [1.165, 1.54) is 19.4 Å². The van der Waals surface area contributed by atoms with Gasteiger partial charge in [0.15, 0.2) is 0 Å². The molecular formula is C17H23BrO4. The van der Waals surface area contributed by atoms with E-state index in [1.54, 1.807) is 0 Å². The molecular weight excluding hydrogens is 348 g/mol. The number of halogens is 1. The molecule has 0 saturated carbocycles. The monoisotopic (exact) mass is 370 g/mol. The highest BCUT2D eigenvalue weighted by Gasteiger charge is 2.09. The lowest BCUT2D eigenvalue weighted by atomic mass is 10.2. The van der Waals surface area contributed by atoms with Crippen LogP contribution in [0.4, 0.5) is 0 Å². The third-order valence-corrected chi connectivity index (χ3v) is 3.56. The largest absolute Gasteiger partial charge is 0.495 e. The summed E-state index contributed by atoms with van der Waals surface area (Å²) in [6.07, 6.45) is 5.59. The molecule has 0 fully saturated rings. The summed E-state index contributed by atoms with van der Waals surface area (Å²) in [7, 11) is 1.34. The van der Waals surface area contributed by atoms with E-state index >= 15 is 0 Å². The van der Waals surface area contributed by atoms with Gasteiger partial charge in [-0.2, -0.15) is 0 Å². The zero-order chi connectivity index (χ0) is 16.0. The molecule has 0 aliphatic rings. The molecule has 1 rings (SSSR count). The fourth-order valence-corrected chi connectivity index (χ4v) is 2.21. The molecule has 0 saturated heterocycles. The van der Waals surface area contributed by atoms with Crippen LogP contribution in [-0.4, -0.2) is 31.1 Å². The number of ether oxygens (including phenoxy) is 3. The lowest BCUT2D eigenvalue weighted by Crippen LogP contribution is -2.18. The summed E-state index contributed by atoms with van der Waals surface area (Å²) in [6.45, 7) is 1.04. The molecule has 4 nitrogen and oxygen atoms in total. The lowest BCUT2D eigenvalue weighted by Gasteiger charge is -2.16. The van der Waals surface area contributed by atoms with Crippen LogP contribution < -0.4 is 0 Å². The van der Waals surface area contributed by atoms with Gasteiger partial charge in [-0.25, -0.2) is 4.79 Å². The first-order valence-corrected chi connectivity index (χ1v) is 8.46. The molecule has 1 aromatic carbocycles. The van der Waals surface area contributed by atoms with Gasteiger partial charge in [0.2, 0.25) is 0 Å². The van der Waals surface area contributed by atoms with E-state index < -0.39 is 5.97 Å². The van der Waals surface area contributed by atoms with Crippen molar-refractivity contribution in [1.29, 1.82) is 0 Å². The van der Waals surface area contributed by atoms with Gasteiger partial charge in [-0.15, -0.1) is 0 Å². The molecule has 22 heavy (non-hydrogen) atoms. The van der Waals surface area contributed by atoms with Crippen LogP contribution >= 0.6 is 15.9 Å². The molecule has 0 aliphatic carbocycles. The van der Waals surface area contributed by atoms with E-state index in [0.29, 0.717) is 13.2 Å². The summed E-state index contributed by atoms with van der Waals surface area (Å²) in [6, 6.07) is 10.0. The molecule has 0 amide bonds. The van der Waals surface area contributed by atoms with Crippen molar-refractivity contribution in [2.45, 2.75) is 32.0 Å². The Kier molecular flexibility index (Phi) is 10.4. The topological polar surface area (TPSA) is 44.8 Å². The standard InChI is InChI=1S/C17H23BrO4/c1-20-17(19)10-12-22-16(9-5-6-11-18)14-21-13-15-7-3-2-4-8-15/h2-4,7-8,10,12,16H,5-6,9,11,13-14H2,1H3/b12-10+. The summed E-state index contributed by atoms with van der Waals surface area (Å²) < 4.78 is 15.8. The van der Waals surface area contributed by atoms with Crippen molar-refractivity contribution in [2.24, 2.45) is 0 Å². The number of carbonyl (C=O) groups is 1. The minimum absolute atomic E-state index is 0.0660. The number of unbranched alkanes of at least 4 members (excludes halogenated alkanes) is 1. The van der Waals surface area contributed by atoms with Crippen LogP contribution in [0.15, 0.2) is 42.7 Å². The van der Waals surface area contributed by atoms with E-state index in [9.17, 15) is 4.79 Å². The summed E-state index contributed by atoms with van der Waals surface area (Å²) >= 11 is 3.42. The second-order valence-corrected chi connectivity index (χ2v) is 5.56. The minimum Gasteiger partial charge on any atom is -0.495 e. The lowest BCUT2D eigenvalue weighted by molar-refractivity contribution is -0.135. The van der Waals surface area contributed by atoms with Crippen molar-refractivity contribution in [2.75, 3.05) is 19.0 Å². The van der Waals surface area contributed by atoms with Gasteiger partial charge in [-0.3, -0.25) is 0 Å². The maximum Gasteiger partial charge on any atom is 0.333 e. The van der Waals surface area contributed by atoms with Crippen LogP contribution in [0.5, 0.6) is 0 Å². The van der Waals surface area contributed by atoms with Crippen molar-refractivity contribution in [3.05, 3.63) is 48.2 Å². The molecule has 0 bridgehead atoms. The highest BCUT2D eigenvalue weighted by molar-refractivity contribution is 9.09. The summed E-state index contributed by atoms with van der Waals surface area (Å²) in [4.78, 5) is 11.0. The van der Waals surface area contributed by atoms with Crippen LogP contribution in [0.1, 0.15) is 24.8 Å². The Morgan fingerprint density at radius 3 is 2.73 bits per heavy atom. The van der Waals surface area contributed by atoms with Gasteiger partial charge in [0, 0.05) is 5.33 Å². The Bertz CT molecular complexity index is 434. The molecule has 0 radical (unpaired) electrons. The van der Waals surface area contributed by atoms with Gasteiger partial charge in [0.25, 0.3) is 0 Å². The predicted molar refractivity (Wildman–Crippen MR) is 89.8 cm³/mol. The van der Waals surface area contributed by atoms with E-state index in [1.807, 2.05) is 30.3 Å². The fraction of sp³-hybridized carbons (Fsp3) is 0.471. The summed E-state index contributed by atoms with van der Waals surface area (Å²) in [5, 5.41) is 0.975. The fourth-order valence-electron chi connectivity index (χ4n) is 1.81. The normalized spacial score (nSPS) is 12.3. The number of rotatable bonds is 11. The number of hydrogen-bond donors (Lipinski definition) is 0. The molecule has 0 aromatic heterocycles. The van der Waals surface area contributed by atoms with Crippen LogP contribution in [0.2, 0.25) is 0 Å².